The van der Waals surface area contributed by atoms with E-state index in [2.05, 4.69) is 5.32 Å². The molecule has 0 fully saturated rings. The molecule has 0 bridgehead atoms. The molecule has 0 aliphatic heterocycles. The predicted octanol–water partition coefficient (Wildman–Crippen LogP) is 3.58. The molecule has 2 aromatic carbocycles. The number of hydrogen-bond acceptors (Lipinski definition) is 4. The Labute approximate surface area is 167 Å². The molecule has 1 aromatic heterocycles. The van der Waals surface area contributed by atoms with E-state index in [1.807, 2.05) is 24.3 Å². The smallest absolute Gasteiger partial charge is 0.262 e. The van der Waals surface area contributed by atoms with Gasteiger partial charge in [-0.1, -0.05) is 41.9 Å². The Balaban J connectivity index is 1.66. The summed E-state index contributed by atoms with van der Waals surface area (Å²) in [7, 11) is 1.53. The molecule has 3 rings (SSSR count). The Kier molecular flexibility index (Phi) is 6.34. The second-order valence-corrected chi connectivity index (χ2v) is 6.37. The van der Waals surface area contributed by atoms with E-state index in [9.17, 15) is 9.59 Å². The molecule has 7 heteroatoms. The molecule has 0 radical (unpaired) electrons. The highest BCUT2D eigenvalue weighted by molar-refractivity contribution is 6.31. The summed E-state index contributed by atoms with van der Waals surface area (Å²) in [6.07, 6.45) is 1.58. The van der Waals surface area contributed by atoms with Crippen LogP contribution < -0.4 is 20.3 Å². The molecule has 3 aromatic rings. The first-order chi connectivity index (χ1) is 13.6. The van der Waals surface area contributed by atoms with E-state index in [1.165, 1.54) is 17.7 Å². The maximum atomic E-state index is 12.2. The minimum atomic E-state index is -0.353. The van der Waals surface area contributed by atoms with Crippen LogP contribution in [0.1, 0.15) is 5.56 Å². The van der Waals surface area contributed by atoms with Gasteiger partial charge in [0.25, 0.3) is 11.5 Å². The number of amides is 1. The van der Waals surface area contributed by atoms with Gasteiger partial charge in [0.15, 0.2) is 18.1 Å². The number of hydrogen-bond donors (Lipinski definition) is 1. The summed E-state index contributed by atoms with van der Waals surface area (Å²) < 4.78 is 12.2. The number of benzene rings is 2. The topological polar surface area (TPSA) is 69.6 Å². The standard InChI is InChI=1S/C21H19ClN2O4/c1-27-18-8-4-5-9-19(18)28-14-20(25)23-16-10-11-21(26)24(13-16)12-15-6-2-3-7-17(15)22/h2-11,13H,12,14H2,1H3,(H,23,25). The monoisotopic (exact) mass is 398 g/mol. The number of nitrogens with one attached hydrogen (secondary N) is 1. The molecule has 0 saturated carbocycles. The van der Waals surface area contributed by atoms with Crippen molar-refractivity contribution in [2.24, 2.45) is 0 Å². The zero-order chi connectivity index (χ0) is 19.9. The van der Waals surface area contributed by atoms with Crippen LogP contribution in [0.3, 0.4) is 0 Å². The summed E-state index contributed by atoms with van der Waals surface area (Å²) in [6, 6.07) is 17.3. The van der Waals surface area contributed by atoms with Crippen molar-refractivity contribution in [3.8, 4) is 11.5 Å². The summed E-state index contributed by atoms with van der Waals surface area (Å²) in [5, 5.41) is 3.30. The molecule has 0 spiro atoms. The number of rotatable bonds is 7. The fraction of sp³-hybridized carbons (Fsp3) is 0.143. The zero-order valence-corrected chi connectivity index (χ0v) is 16.0. The molecule has 0 aliphatic rings. The number of pyridine rings is 1. The molecule has 0 saturated heterocycles. The van der Waals surface area contributed by atoms with Crippen molar-refractivity contribution >= 4 is 23.2 Å². The third kappa shape index (κ3) is 4.92. The first-order valence-electron chi connectivity index (χ1n) is 8.56. The van der Waals surface area contributed by atoms with E-state index in [1.54, 1.807) is 36.5 Å². The Morgan fingerprint density at radius 3 is 2.50 bits per heavy atom. The van der Waals surface area contributed by atoms with E-state index in [0.717, 1.165) is 5.56 Å². The van der Waals surface area contributed by atoms with Crippen molar-refractivity contribution in [1.82, 2.24) is 4.57 Å². The molecule has 0 unspecified atom stereocenters. The Bertz CT molecular complexity index is 1030. The van der Waals surface area contributed by atoms with Crippen molar-refractivity contribution in [1.29, 1.82) is 0 Å². The van der Waals surface area contributed by atoms with Gasteiger partial charge >= 0.3 is 0 Å². The Morgan fingerprint density at radius 2 is 1.75 bits per heavy atom. The maximum Gasteiger partial charge on any atom is 0.262 e. The summed E-state index contributed by atoms with van der Waals surface area (Å²) in [4.78, 5) is 24.3. The molecule has 0 atom stereocenters. The van der Waals surface area contributed by atoms with Crippen molar-refractivity contribution in [3.05, 3.63) is 87.8 Å². The van der Waals surface area contributed by atoms with Crippen LogP contribution in [-0.2, 0) is 11.3 Å². The molecule has 1 amide bonds. The van der Waals surface area contributed by atoms with Crippen LogP contribution >= 0.6 is 11.6 Å². The minimum absolute atomic E-state index is 0.190. The third-order valence-electron chi connectivity index (χ3n) is 3.99. The number of para-hydroxylation sites is 2. The quantitative estimate of drug-likeness (QED) is 0.660. The molecule has 1 heterocycles. The molecule has 144 valence electrons. The normalized spacial score (nSPS) is 10.4. The maximum absolute atomic E-state index is 12.2. The second-order valence-electron chi connectivity index (χ2n) is 5.96. The number of halogens is 1. The number of anilines is 1. The lowest BCUT2D eigenvalue weighted by atomic mass is 10.2. The van der Waals surface area contributed by atoms with Gasteiger partial charge < -0.3 is 19.4 Å². The number of nitrogens with zero attached hydrogens (tertiary/aromatic N) is 1. The highest BCUT2D eigenvalue weighted by Gasteiger charge is 2.09. The largest absolute Gasteiger partial charge is 0.493 e. The molecule has 1 N–H and O–H groups in total. The van der Waals surface area contributed by atoms with Gasteiger partial charge in [-0.25, -0.2) is 0 Å². The number of methoxy groups -OCH3 is 1. The van der Waals surface area contributed by atoms with Gasteiger partial charge in [0, 0.05) is 17.3 Å². The second kappa shape index (κ2) is 9.10. The lowest BCUT2D eigenvalue weighted by Gasteiger charge is -2.12. The van der Waals surface area contributed by atoms with Crippen molar-refractivity contribution in [2.75, 3.05) is 19.0 Å². The lowest BCUT2D eigenvalue weighted by Crippen LogP contribution is -2.23. The van der Waals surface area contributed by atoms with Gasteiger partial charge in [0.1, 0.15) is 0 Å². The van der Waals surface area contributed by atoms with E-state index in [4.69, 9.17) is 21.1 Å². The van der Waals surface area contributed by atoms with Gasteiger partial charge in [-0.05, 0) is 29.8 Å². The number of aromatic nitrogens is 1. The zero-order valence-electron chi connectivity index (χ0n) is 15.2. The molecular weight excluding hydrogens is 380 g/mol. The van der Waals surface area contributed by atoms with Crippen LogP contribution in [-0.4, -0.2) is 24.2 Å². The third-order valence-corrected chi connectivity index (χ3v) is 4.36. The van der Waals surface area contributed by atoms with E-state index < -0.39 is 0 Å². The average molecular weight is 399 g/mol. The van der Waals surface area contributed by atoms with Crippen molar-refractivity contribution < 1.29 is 14.3 Å². The van der Waals surface area contributed by atoms with Crippen LogP contribution in [0.2, 0.25) is 5.02 Å². The molecular formula is C21H19ClN2O4. The van der Waals surface area contributed by atoms with Crippen LogP contribution in [0.15, 0.2) is 71.7 Å². The SMILES string of the molecule is COc1ccccc1OCC(=O)Nc1ccc(=O)n(Cc2ccccc2Cl)c1. The van der Waals surface area contributed by atoms with Gasteiger partial charge in [-0.15, -0.1) is 0 Å². The average Bonchev–Trinajstić information content (AvgIpc) is 2.71. The van der Waals surface area contributed by atoms with Crippen LogP contribution in [0.25, 0.3) is 0 Å². The Hall–Kier alpha value is -3.25. The molecule has 28 heavy (non-hydrogen) atoms. The highest BCUT2D eigenvalue weighted by Crippen LogP contribution is 2.25. The summed E-state index contributed by atoms with van der Waals surface area (Å²) in [6.45, 7) is 0.115. The number of ether oxygens (including phenoxy) is 2. The van der Waals surface area contributed by atoms with E-state index in [-0.39, 0.29) is 18.1 Å². The van der Waals surface area contributed by atoms with E-state index >= 15 is 0 Å². The highest BCUT2D eigenvalue weighted by atomic mass is 35.5. The fourth-order valence-corrected chi connectivity index (χ4v) is 2.81. The minimum Gasteiger partial charge on any atom is -0.493 e. The Morgan fingerprint density at radius 1 is 1.04 bits per heavy atom. The fourth-order valence-electron chi connectivity index (χ4n) is 2.62. The summed E-state index contributed by atoms with van der Waals surface area (Å²) >= 11 is 6.16. The van der Waals surface area contributed by atoms with Gasteiger partial charge in [-0.2, -0.15) is 0 Å². The van der Waals surface area contributed by atoms with Gasteiger partial charge in [-0.3, -0.25) is 9.59 Å². The summed E-state index contributed by atoms with van der Waals surface area (Å²) in [5.74, 6) is 0.668. The van der Waals surface area contributed by atoms with E-state index in [0.29, 0.717) is 28.8 Å². The lowest BCUT2D eigenvalue weighted by molar-refractivity contribution is -0.118. The summed E-state index contributed by atoms with van der Waals surface area (Å²) in [5.41, 5.74) is 1.11. The number of carbonyl (C=O) groups excluding carboxylic acids is 1. The van der Waals surface area contributed by atoms with Crippen LogP contribution in [0.4, 0.5) is 5.69 Å². The molecule has 0 aliphatic carbocycles. The van der Waals surface area contributed by atoms with Crippen molar-refractivity contribution in [3.63, 3.8) is 0 Å². The number of carbonyl (C=O) groups is 1. The van der Waals surface area contributed by atoms with Crippen molar-refractivity contribution in [2.45, 2.75) is 6.54 Å². The van der Waals surface area contributed by atoms with Crippen LogP contribution in [0, 0.1) is 0 Å². The predicted molar refractivity (Wildman–Crippen MR) is 108 cm³/mol. The first-order valence-corrected chi connectivity index (χ1v) is 8.94. The van der Waals surface area contributed by atoms with Gasteiger partial charge in [0.05, 0.1) is 19.3 Å². The van der Waals surface area contributed by atoms with Crippen LogP contribution in [0.5, 0.6) is 11.5 Å². The first kappa shape index (κ1) is 19.5. The van der Waals surface area contributed by atoms with Gasteiger partial charge in [0.2, 0.25) is 0 Å². The molecule has 6 nitrogen and oxygen atoms in total.